The lowest BCUT2D eigenvalue weighted by Gasteiger charge is -2.23. The Morgan fingerprint density at radius 3 is 1.70 bits per heavy atom. The van der Waals surface area contributed by atoms with E-state index < -0.39 is 0 Å². The Labute approximate surface area is 64.4 Å². The van der Waals surface area contributed by atoms with E-state index in [0.29, 0.717) is 0 Å². The van der Waals surface area contributed by atoms with Crippen LogP contribution in [0.15, 0.2) is 0 Å². The molecule has 1 aliphatic rings. The van der Waals surface area contributed by atoms with Gasteiger partial charge in [-0.3, -0.25) is 0 Å². The van der Waals surface area contributed by atoms with Gasteiger partial charge < -0.3 is 4.90 Å². The summed E-state index contributed by atoms with van der Waals surface area (Å²) >= 11 is 0. The van der Waals surface area contributed by atoms with E-state index in [9.17, 15) is 0 Å². The van der Waals surface area contributed by atoms with Crippen molar-refractivity contribution >= 4 is 0 Å². The van der Waals surface area contributed by atoms with Crippen molar-refractivity contribution < 1.29 is 0 Å². The van der Waals surface area contributed by atoms with Crippen LogP contribution in [-0.4, -0.2) is 24.0 Å². The van der Waals surface area contributed by atoms with Crippen molar-refractivity contribution in [2.24, 2.45) is 0 Å². The Bertz CT molecular complexity index is 88.9. The van der Waals surface area contributed by atoms with E-state index in [1.807, 2.05) is 0 Å². The smallest absolute Gasteiger partial charge is 0.00930 e. The van der Waals surface area contributed by atoms with Gasteiger partial charge in [0.25, 0.3) is 0 Å². The largest absolute Gasteiger partial charge is 0.300 e. The van der Waals surface area contributed by atoms with Gasteiger partial charge in [0.05, 0.1) is 0 Å². The molecule has 0 saturated carbocycles. The molecule has 0 aromatic carbocycles. The highest BCUT2D eigenvalue weighted by atomic mass is 15.2. The van der Waals surface area contributed by atoms with Gasteiger partial charge in [-0.25, -0.2) is 0 Å². The summed E-state index contributed by atoms with van der Waals surface area (Å²) in [7, 11) is 2.27. The molecule has 0 radical (unpaired) electrons. The van der Waals surface area contributed by atoms with Crippen LogP contribution in [0.1, 0.15) is 39.5 Å². The molecule has 10 heavy (non-hydrogen) atoms. The molecule has 1 heteroatoms. The molecular weight excluding hydrogens is 122 g/mol. The average Bonchev–Trinajstić information content (AvgIpc) is 2.30. The minimum Gasteiger partial charge on any atom is -0.300 e. The average molecular weight is 141 g/mol. The molecule has 0 aliphatic carbocycles. The fourth-order valence-corrected chi connectivity index (χ4v) is 2.07. The standard InChI is InChI=1S/C9H19N/c1-4-8-6-7-9(5-2)10(8)3/h8-9H,4-7H2,1-3H3. The molecule has 0 amide bonds. The molecule has 1 nitrogen and oxygen atoms in total. The van der Waals surface area contributed by atoms with Crippen LogP contribution in [0.4, 0.5) is 0 Å². The zero-order valence-electron chi connectivity index (χ0n) is 7.43. The third kappa shape index (κ3) is 1.34. The van der Waals surface area contributed by atoms with Gasteiger partial charge in [-0.05, 0) is 32.7 Å². The highest BCUT2D eigenvalue weighted by Crippen LogP contribution is 2.25. The van der Waals surface area contributed by atoms with Crippen molar-refractivity contribution in [3.63, 3.8) is 0 Å². The van der Waals surface area contributed by atoms with E-state index in [1.165, 1.54) is 25.7 Å². The van der Waals surface area contributed by atoms with Crippen LogP contribution in [0.3, 0.4) is 0 Å². The summed E-state index contributed by atoms with van der Waals surface area (Å²) < 4.78 is 0. The monoisotopic (exact) mass is 141 g/mol. The minimum atomic E-state index is 0.880. The van der Waals surface area contributed by atoms with E-state index in [0.717, 1.165) is 12.1 Å². The zero-order valence-corrected chi connectivity index (χ0v) is 7.43. The van der Waals surface area contributed by atoms with Gasteiger partial charge in [-0.1, -0.05) is 13.8 Å². The molecule has 1 rings (SSSR count). The second-order valence-corrected chi connectivity index (χ2v) is 3.37. The highest BCUT2D eigenvalue weighted by Gasteiger charge is 2.26. The van der Waals surface area contributed by atoms with Crippen LogP contribution in [0, 0.1) is 0 Å². The third-order valence-electron chi connectivity index (χ3n) is 2.93. The molecule has 2 unspecified atom stereocenters. The van der Waals surface area contributed by atoms with Crippen LogP contribution in [0.2, 0.25) is 0 Å². The second kappa shape index (κ2) is 3.38. The number of nitrogens with zero attached hydrogens (tertiary/aromatic N) is 1. The summed E-state index contributed by atoms with van der Waals surface area (Å²) in [5.74, 6) is 0. The normalized spacial score (nSPS) is 35.1. The summed E-state index contributed by atoms with van der Waals surface area (Å²) in [6.07, 6.45) is 5.50. The fraction of sp³-hybridized carbons (Fsp3) is 1.00. The van der Waals surface area contributed by atoms with Crippen molar-refractivity contribution in [2.45, 2.75) is 51.6 Å². The lowest BCUT2D eigenvalue weighted by molar-refractivity contribution is 0.231. The quantitative estimate of drug-likeness (QED) is 0.570. The maximum absolute atomic E-state index is 2.56. The number of rotatable bonds is 2. The molecule has 0 aromatic rings. The summed E-state index contributed by atoms with van der Waals surface area (Å²) in [5, 5.41) is 0. The maximum Gasteiger partial charge on any atom is 0.00930 e. The molecule has 60 valence electrons. The van der Waals surface area contributed by atoms with Crippen LogP contribution in [0.25, 0.3) is 0 Å². The molecule has 0 N–H and O–H groups in total. The molecule has 1 saturated heterocycles. The molecule has 0 aromatic heterocycles. The SMILES string of the molecule is CCC1CCC(CC)N1C. The first-order valence-electron chi connectivity index (χ1n) is 4.51. The highest BCUT2D eigenvalue weighted by molar-refractivity contribution is 4.83. The number of hydrogen-bond donors (Lipinski definition) is 0. The first-order valence-corrected chi connectivity index (χ1v) is 4.51. The summed E-state index contributed by atoms with van der Waals surface area (Å²) in [4.78, 5) is 2.56. The number of hydrogen-bond acceptors (Lipinski definition) is 1. The van der Waals surface area contributed by atoms with E-state index >= 15 is 0 Å². The molecular formula is C9H19N. The first kappa shape index (κ1) is 8.06. The van der Waals surface area contributed by atoms with E-state index in [-0.39, 0.29) is 0 Å². The Kier molecular flexibility index (Phi) is 2.72. The van der Waals surface area contributed by atoms with Crippen molar-refractivity contribution in [3.8, 4) is 0 Å². The Morgan fingerprint density at radius 2 is 1.50 bits per heavy atom. The van der Waals surface area contributed by atoms with Crippen molar-refractivity contribution in [1.29, 1.82) is 0 Å². The molecule has 1 fully saturated rings. The van der Waals surface area contributed by atoms with Gasteiger partial charge in [0.2, 0.25) is 0 Å². The van der Waals surface area contributed by atoms with Gasteiger partial charge in [-0.15, -0.1) is 0 Å². The second-order valence-electron chi connectivity index (χ2n) is 3.37. The predicted octanol–water partition coefficient (Wildman–Crippen LogP) is 2.27. The van der Waals surface area contributed by atoms with Crippen molar-refractivity contribution in [3.05, 3.63) is 0 Å². The van der Waals surface area contributed by atoms with Crippen LogP contribution < -0.4 is 0 Å². The Morgan fingerprint density at radius 1 is 1.10 bits per heavy atom. The summed E-state index contributed by atoms with van der Waals surface area (Å²) in [5.41, 5.74) is 0. The Hall–Kier alpha value is -0.0400. The molecule has 0 bridgehead atoms. The van der Waals surface area contributed by atoms with E-state index in [4.69, 9.17) is 0 Å². The summed E-state index contributed by atoms with van der Waals surface area (Å²) in [6.45, 7) is 4.58. The number of likely N-dealkylation sites (tertiary alicyclic amines) is 1. The van der Waals surface area contributed by atoms with Crippen LogP contribution >= 0.6 is 0 Å². The maximum atomic E-state index is 2.56. The van der Waals surface area contributed by atoms with Gasteiger partial charge >= 0.3 is 0 Å². The van der Waals surface area contributed by atoms with Gasteiger partial charge in [0.15, 0.2) is 0 Å². The van der Waals surface area contributed by atoms with Crippen LogP contribution in [0.5, 0.6) is 0 Å². The minimum absolute atomic E-state index is 0.880. The van der Waals surface area contributed by atoms with E-state index in [1.54, 1.807) is 0 Å². The van der Waals surface area contributed by atoms with Gasteiger partial charge in [0.1, 0.15) is 0 Å². The molecule has 1 heterocycles. The predicted molar refractivity (Wildman–Crippen MR) is 45.2 cm³/mol. The zero-order chi connectivity index (χ0) is 7.56. The lowest BCUT2D eigenvalue weighted by Crippen LogP contribution is -2.31. The Balaban J connectivity index is 2.41. The lowest BCUT2D eigenvalue weighted by atomic mass is 10.1. The molecule has 1 aliphatic heterocycles. The third-order valence-corrected chi connectivity index (χ3v) is 2.93. The van der Waals surface area contributed by atoms with Gasteiger partial charge in [0, 0.05) is 12.1 Å². The van der Waals surface area contributed by atoms with Crippen LogP contribution in [-0.2, 0) is 0 Å². The van der Waals surface area contributed by atoms with E-state index in [2.05, 4.69) is 25.8 Å². The van der Waals surface area contributed by atoms with Crippen molar-refractivity contribution in [1.82, 2.24) is 4.90 Å². The van der Waals surface area contributed by atoms with Gasteiger partial charge in [-0.2, -0.15) is 0 Å². The molecule has 2 atom stereocenters. The first-order chi connectivity index (χ1) is 4.79. The van der Waals surface area contributed by atoms with Crippen molar-refractivity contribution in [2.75, 3.05) is 7.05 Å². The summed E-state index contributed by atoms with van der Waals surface area (Å²) in [6, 6.07) is 1.76. The molecule has 0 spiro atoms. The fourth-order valence-electron chi connectivity index (χ4n) is 2.07. The topological polar surface area (TPSA) is 3.24 Å².